The van der Waals surface area contributed by atoms with Gasteiger partial charge >= 0.3 is 0 Å². The third kappa shape index (κ3) is 2.25. The Morgan fingerprint density at radius 2 is 2.00 bits per heavy atom. The minimum atomic E-state index is -0.398. The van der Waals surface area contributed by atoms with Crippen molar-refractivity contribution in [3.63, 3.8) is 0 Å². The van der Waals surface area contributed by atoms with Crippen molar-refractivity contribution < 1.29 is 9.53 Å². The largest absolute Gasteiger partial charge is 0.372 e. The fraction of sp³-hybridized carbons (Fsp3) is 0.750. The van der Waals surface area contributed by atoms with Gasteiger partial charge in [0.1, 0.15) is 11.6 Å². The van der Waals surface area contributed by atoms with Crippen molar-refractivity contribution in [1.29, 1.82) is 5.26 Å². The minimum absolute atomic E-state index is 0.0459. The molecule has 2 heterocycles. The number of nitrogens with zero attached hydrogens (tertiary/aromatic N) is 2. The first-order valence-corrected chi connectivity index (χ1v) is 7.76. The molecule has 2 saturated heterocycles. The summed E-state index contributed by atoms with van der Waals surface area (Å²) in [6.45, 7) is 1.43. The number of likely N-dealkylation sites (tertiary alicyclic amines) is 1. The Hall–Kier alpha value is -1.34. The quantitative estimate of drug-likeness (QED) is 0.690. The first-order chi connectivity index (χ1) is 9.77. The van der Waals surface area contributed by atoms with Gasteiger partial charge in [-0.2, -0.15) is 5.26 Å². The van der Waals surface area contributed by atoms with Gasteiger partial charge in [-0.1, -0.05) is 12.2 Å². The van der Waals surface area contributed by atoms with E-state index in [0.29, 0.717) is 6.54 Å². The molecule has 1 spiro atoms. The fourth-order valence-corrected chi connectivity index (χ4v) is 3.86. The predicted molar refractivity (Wildman–Crippen MR) is 74.7 cm³/mol. The molecule has 2 atom stereocenters. The lowest BCUT2D eigenvalue weighted by Gasteiger charge is -2.48. The van der Waals surface area contributed by atoms with E-state index in [4.69, 9.17) is 4.74 Å². The highest BCUT2D eigenvalue weighted by atomic mass is 16.5. The molecule has 0 aromatic rings. The van der Waals surface area contributed by atoms with E-state index >= 15 is 0 Å². The van der Waals surface area contributed by atoms with Gasteiger partial charge in [-0.15, -0.1) is 0 Å². The third-order valence-electron chi connectivity index (χ3n) is 4.96. The van der Waals surface area contributed by atoms with Crippen molar-refractivity contribution >= 4 is 5.91 Å². The Balaban J connectivity index is 1.79. The monoisotopic (exact) mass is 274 g/mol. The van der Waals surface area contributed by atoms with Crippen LogP contribution in [0.5, 0.6) is 0 Å². The van der Waals surface area contributed by atoms with E-state index in [1.165, 1.54) is 0 Å². The molecule has 0 N–H and O–H groups in total. The lowest BCUT2D eigenvalue weighted by atomic mass is 9.79. The topological polar surface area (TPSA) is 53.3 Å². The van der Waals surface area contributed by atoms with Gasteiger partial charge in [0.05, 0.1) is 6.07 Å². The van der Waals surface area contributed by atoms with Gasteiger partial charge in [0.15, 0.2) is 0 Å². The summed E-state index contributed by atoms with van der Waals surface area (Å²) in [6, 6.07) is 1.98. The molecule has 4 heteroatoms. The van der Waals surface area contributed by atoms with E-state index in [-0.39, 0.29) is 11.8 Å². The highest BCUT2D eigenvalue weighted by Crippen LogP contribution is 2.39. The summed E-state index contributed by atoms with van der Waals surface area (Å²) in [5, 5.41) is 9.63. The molecule has 4 nitrogen and oxygen atoms in total. The smallest absolute Gasteiger partial charge is 0.227 e. The molecule has 0 aromatic carbocycles. The zero-order chi connectivity index (χ0) is 14.0. The van der Waals surface area contributed by atoms with Crippen molar-refractivity contribution in [1.82, 2.24) is 4.90 Å². The number of hydrogen-bond acceptors (Lipinski definition) is 3. The van der Waals surface area contributed by atoms with E-state index < -0.39 is 11.6 Å². The number of allylic oxidation sites excluding steroid dienone is 2. The second-order valence-corrected chi connectivity index (χ2v) is 6.18. The van der Waals surface area contributed by atoms with Crippen LogP contribution >= 0.6 is 0 Å². The van der Waals surface area contributed by atoms with E-state index in [2.05, 4.69) is 18.2 Å². The summed E-state index contributed by atoms with van der Waals surface area (Å²) in [6.07, 6.45) is 10.7. The Labute approximate surface area is 120 Å². The normalized spacial score (nSPS) is 34.4. The molecular weight excluding hydrogens is 252 g/mol. The summed E-state index contributed by atoms with van der Waals surface area (Å²) in [7, 11) is 0. The molecule has 3 aliphatic rings. The summed E-state index contributed by atoms with van der Waals surface area (Å²) in [5.41, 5.74) is -0.396. The number of amides is 1. The van der Waals surface area contributed by atoms with Crippen molar-refractivity contribution in [2.45, 2.75) is 56.6 Å². The van der Waals surface area contributed by atoms with Crippen LogP contribution in [-0.4, -0.2) is 35.6 Å². The third-order valence-corrected chi connectivity index (χ3v) is 4.96. The standard InChI is InChI=1S/C16H22N2O2/c17-12-14-16(8-3-4-11-20-16)9-5-10-18(14)15(19)13-6-1-2-7-13/h1-2,13-14H,3-11H2. The number of hydrogen-bond donors (Lipinski definition) is 0. The van der Waals surface area contributed by atoms with Crippen LogP contribution in [0.2, 0.25) is 0 Å². The number of carbonyl (C=O) groups excluding carboxylic acids is 1. The Morgan fingerprint density at radius 1 is 1.25 bits per heavy atom. The summed E-state index contributed by atoms with van der Waals surface area (Å²) >= 11 is 0. The number of ether oxygens (including phenoxy) is 1. The Bertz CT molecular complexity index is 432. The number of carbonyl (C=O) groups is 1. The van der Waals surface area contributed by atoms with Crippen LogP contribution in [0.15, 0.2) is 12.2 Å². The SMILES string of the molecule is N#CC1N(C(=O)C2CC=CC2)CCCC12CCCCO2. The molecule has 108 valence electrons. The first-order valence-electron chi connectivity index (χ1n) is 7.76. The highest BCUT2D eigenvalue weighted by molar-refractivity contribution is 5.80. The molecule has 3 rings (SSSR count). The molecule has 2 unspecified atom stereocenters. The summed E-state index contributed by atoms with van der Waals surface area (Å²) < 4.78 is 6.02. The summed E-state index contributed by atoms with van der Waals surface area (Å²) in [4.78, 5) is 14.5. The number of nitriles is 1. The van der Waals surface area contributed by atoms with E-state index in [9.17, 15) is 10.1 Å². The molecule has 0 bridgehead atoms. The molecule has 2 fully saturated rings. The predicted octanol–water partition coefficient (Wildman–Crippen LogP) is 2.41. The molecule has 0 radical (unpaired) electrons. The van der Waals surface area contributed by atoms with Crippen LogP contribution in [-0.2, 0) is 9.53 Å². The maximum Gasteiger partial charge on any atom is 0.227 e. The van der Waals surface area contributed by atoms with Crippen molar-refractivity contribution in [3.05, 3.63) is 12.2 Å². The van der Waals surface area contributed by atoms with Crippen LogP contribution in [0.25, 0.3) is 0 Å². The van der Waals surface area contributed by atoms with Gasteiger partial charge in [-0.05, 0) is 44.9 Å². The molecular formula is C16H22N2O2. The average molecular weight is 274 g/mol. The van der Waals surface area contributed by atoms with Crippen LogP contribution < -0.4 is 0 Å². The van der Waals surface area contributed by atoms with Crippen molar-refractivity contribution in [2.24, 2.45) is 5.92 Å². The van der Waals surface area contributed by atoms with Gasteiger partial charge in [-0.3, -0.25) is 4.79 Å². The zero-order valence-electron chi connectivity index (χ0n) is 11.9. The molecule has 2 aliphatic heterocycles. The maximum absolute atomic E-state index is 12.7. The van der Waals surface area contributed by atoms with Gasteiger partial charge < -0.3 is 9.64 Å². The van der Waals surface area contributed by atoms with Gasteiger partial charge in [0, 0.05) is 19.1 Å². The second-order valence-electron chi connectivity index (χ2n) is 6.18. The first kappa shape index (κ1) is 13.6. The fourth-order valence-electron chi connectivity index (χ4n) is 3.86. The van der Waals surface area contributed by atoms with Crippen molar-refractivity contribution in [2.75, 3.05) is 13.2 Å². The lowest BCUT2D eigenvalue weighted by molar-refractivity contribution is -0.161. The zero-order valence-corrected chi connectivity index (χ0v) is 11.9. The minimum Gasteiger partial charge on any atom is -0.372 e. The summed E-state index contributed by atoms with van der Waals surface area (Å²) in [5.74, 6) is 0.194. The molecule has 0 aromatic heterocycles. The highest BCUT2D eigenvalue weighted by Gasteiger charge is 2.49. The van der Waals surface area contributed by atoms with Crippen LogP contribution in [0.4, 0.5) is 0 Å². The van der Waals surface area contributed by atoms with Gasteiger partial charge in [0.25, 0.3) is 0 Å². The average Bonchev–Trinajstić information content (AvgIpc) is 3.01. The number of rotatable bonds is 1. The lowest BCUT2D eigenvalue weighted by Crippen LogP contribution is -2.61. The van der Waals surface area contributed by atoms with Crippen molar-refractivity contribution in [3.8, 4) is 6.07 Å². The second kappa shape index (κ2) is 5.57. The molecule has 1 aliphatic carbocycles. The molecule has 20 heavy (non-hydrogen) atoms. The number of piperidine rings is 1. The Morgan fingerprint density at radius 3 is 2.65 bits per heavy atom. The van der Waals surface area contributed by atoms with Gasteiger partial charge in [0.2, 0.25) is 5.91 Å². The Kier molecular flexibility index (Phi) is 3.80. The van der Waals surface area contributed by atoms with Crippen LogP contribution in [0, 0.1) is 17.2 Å². The molecule has 0 saturated carbocycles. The van der Waals surface area contributed by atoms with E-state index in [1.54, 1.807) is 0 Å². The van der Waals surface area contributed by atoms with Gasteiger partial charge in [-0.25, -0.2) is 0 Å². The molecule has 1 amide bonds. The van der Waals surface area contributed by atoms with Crippen LogP contribution in [0.3, 0.4) is 0 Å². The van der Waals surface area contributed by atoms with E-state index in [0.717, 1.165) is 51.6 Å². The maximum atomic E-state index is 12.7. The van der Waals surface area contributed by atoms with E-state index in [1.807, 2.05) is 4.90 Å². The van der Waals surface area contributed by atoms with Crippen LogP contribution in [0.1, 0.15) is 44.9 Å².